The number of hydrogen-bond donors (Lipinski definition) is 2. The van der Waals surface area contributed by atoms with E-state index in [1.165, 1.54) is 18.2 Å². The highest BCUT2D eigenvalue weighted by atomic mass is 19.1. The number of anilines is 2. The van der Waals surface area contributed by atoms with Gasteiger partial charge in [-0.1, -0.05) is 30.3 Å². The van der Waals surface area contributed by atoms with E-state index in [2.05, 4.69) is 5.32 Å². The van der Waals surface area contributed by atoms with Crippen LogP contribution in [0.3, 0.4) is 0 Å². The summed E-state index contributed by atoms with van der Waals surface area (Å²) in [6.45, 7) is 1.81. The van der Waals surface area contributed by atoms with Crippen LogP contribution in [0, 0.1) is 5.82 Å². The normalized spacial score (nSPS) is 11.9. The first-order valence-electron chi connectivity index (χ1n) is 5.99. The van der Waals surface area contributed by atoms with Crippen molar-refractivity contribution in [1.29, 1.82) is 0 Å². The summed E-state index contributed by atoms with van der Waals surface area (Å²) in [4.78, 5) is 12.1. The first-order chi connectivity index (χ1) is 9.08. The van der Waals surface area contributed by atoms with Crippen molar-refractivity contribution in [2.45, 2.75) is 12.8 Å². The molecule has 0 radical (unpaired) electrons. The highest BCUT2D eigenvalue weighted by Gasteiger charge is 2.15. The predicted octanol–water partition coefficient (Wildman–Crippen LogP) is 3.15. The van der Waals surface area contributed by atoms with Crippen LogP contribution in [0.1, 0.15) is 18.4 Å². The third-order valence-electron chi connectivity index (χ3n) is 2.96. The number of benzene rings is 2. The molecule has 0 heterocycles. The molecule has 0 aliphatic rings. The maximum atomic E-state index is 12.9. The zero-order valence-electron chi connectivity index (χ0n) is 10.6. The molecule has 0 spiro atoms. The highest BCUT2D eigenvalue weighted by Crippen LogP contribution is 2.22. The molecule has 0 aliphatic heterocycles. The summed E-state index contributed by atoms with van der Waals surface area (Å²) in [6, 6.07) is 13.3. The molecule has 1 amide bonds. The van der Waals surface area contributed by atoms with Gasteiger partial charge in [-0.3, -0.25) is 4.79 Å². The Hall–Kier alpha value is -2.36. The Bertz CT molecular complexity index is 584. The lowest BCUT2D eigenvalue weighted by atomic mass is 10.0. The Labute approximate surface area is 111 Å². The zero-order valence-corrected chi connectivity index (χ0v) is 10.6. The molecule has 0 aliphatic carbocycles. The maximum Gasteiger partial charge on any atom is 0.231 e. The summed E-state index contributed by atoms with van der Waals surface area (Å²) in [7, 11) is 0. The summed E-state index contributed by atoms with van der Waals surface area (Å²) in [6.07, 6.45) is 0. The number of carbonyl (C=O) groups is 1. The molecule has 1 unspecified atom stereocenters. The molecular formula is C15H15FN2O. The van der Waals surface area contributed by atoms with Crippen molar-refractivity contribution in [3.05, 3.63) is 59.9 Å². The predicted molar refractivity (Wildman–Crippen MR) is 74.3 cm³/mol. The second kappa shape index (κ2) is 5.52. The van der Waals surface area contributed by atoms with Gasteiger partial charge < -0.3 is 11.1 Å². The fourth-order valence-corrected chi connectivity index (χ4v) is 1.78. The van der Waals surface area contributed by atoms with Gasteiger partial charge in [0.15, 0.2) is 0 Å². The Morgan fingerprint density at radius 3 is 2.53 bits per heavy atom. The van der Waals surface area contributed by atoms with Crippen LogP contribution in [0.4, 0.5) is 15.8 Å². The van der Waals surface area contributed by atoms with Crippen molar-refractivity contribution in [2.24, 2.45) is 0 Å². The van der Waals surface area contributed by atoms with E-state index in [9.17, 15) is 9.18 Å². The number of halogens is 1. The molecule has 19 heavy (non-hydrogen) atoms. The molecule has 2 aromatic rings. The summed E-state index contributed by atoms with van der Waals surface area (Å²) >= 11 is 0. The summed E-state index contributed by atoms with van der Waals surface area (Å²) in [5, 5.41) is 2.71. The standard InChI is InChI=1S/C15H15FN2O/c1-10(11-5-3-2-4-6-11)15(19)18-14-8-7-12(16)9-13(14)17/h2-10H,17H2,1H3,(H,18,19). The molecule has 0 saturated carbocycles. The van der Waals surface area contributed by atoms with Crippen LogP contribution in [0.2, 0.25) is 0 Å². The van der Waals surface area contributed by atoms with Crippen molar-refractivity contribution < 1.29 is 9.18 Å². The van der Waals surface area contributed by atoms with Gasteiger partial charge >= 0.3 is 0 Å². The molecular weight excluding hydrogens is 243 g/mol. The van der Waals surface area contributed by atoms with Crippen LogP contribution in [-0.2, 0) is 4.79 Å². The van der Waals surface area contributed by atoms with Crippen LogP contribution in [0.15, 0.2) is 48.5 Å². The number of rotatable bonds is 3. The number of hydrogen-bond acceptors (Lipinski definition) is 2. The largest absolute Gasteiger partial charge is 0.397 e. The molecule has 2 rings (SSSR count). The van der Waals surface area contributed by atoms with Crippen molar-refractivity contribution in [2.75, 3.05) is 11.1 Å². The van der Waals surface area contributed by atoms with Crippen molar-refractivity contribution >= 4 is 17.3 Å². The lowest BCUT2D eigenvalue weighted by Crippen LogP contribution is -2.19. The molecule has 98 valence electrons. The molecule has 3 N–H and O–H groups in total. The number of amides is 1. The molecule has 1 atom stereocenters. The SMILES string of the molecule is CC(C(=O)Nc1ccc(F)cc1N)c1ccccc1. The minimum absolute atomic E-state index is 0.176. The number of nitrogen functional groups attached to an aromatic ring is 1. The summed E-state index contributed by atoms with van der Waals surface area (Å²) in [5.41, 5.74) is 7.21. The van der Waals surface area contributed by atoms with E-state index in [-0.39, 0.29) is 17.5 Å². The first kappa shape index (κ1) is 13.1. The van der Waals surface area contributed by atoms with E-state index in [0.717, 1.165) is 5.56 Å². The van der Waals surface area contributed by atoms with E-state index in [1.54, 1.807) is 0 Å². The van der Waals surface area contributed by atoms with Gasteiger partial charge in [0, 0.05) is 0 Å². The molecule has 4 heteroatoms. The smallest absolute Gasteiger partial charge is 0.231 e. The summed E-state index contributed by atoms with van der Waals surface area (Å²) in [5.74, 6) is -0.901. The minimum Gasteiger partial charge on any atom is -0.397 e. The van der Waals surface area contributed by atoms with Crippen LogP contribution in [0.25, 0.3) is 0 Å². The number of nitrogens with two attached hydrogens (primary N) is 1. The third kappa shape index (κ3) is 3.10. The van der Waals surface area contributed by atoms with Crippen LogP contribution in [0.5, 0.6) is 0 Å². The quantitative estimate of drug-likeness (QED) is 0.831. The first-order valence-corrected chi connectivity index (χ1v) is 5.99. The Balaban J connectivity index is 2.13. The van der Waals surface area contributed by atoms with Crippen molar-refractivity contribution in [3.8, 4) is 0 Å². The molecule has 0 fully saturated rings. The van der Waals surface area contributed by atoms with Gasteiger partial charge in [-0.05, 0) is 30.7 Å². The van der Waals surface area contributed by atoms with Gasteiger partial charge in [-0.15, -0.1) is 0 Å². The topological polar surface area (TPSA) is 55.1 Å². The average molecular weight is 258 g/mol. The van der Waals surface area contributed by atoms with Gasteiger partial charge in [0.25, 0.3) is 0 Å². The highest BCUT2D eigenvalue weighted by molar-refractivity contribution is 5.97. The van der Waals surface area contributed by atoms with Gasteiger partial charge in [0.05, 0.1) is 17.3 Å². The van der Waals surface area contributed by atoms with E-state index in [4.69, 9.17) is 5.73 Å². The zero-order chi connectivity index (χ0) is 13.8. The lowest BCUT2D eigenvalue weighted by molar-refractivity contribution is -0.117. The molecule has 0 bridgehead atoms. The lowest BCUT2D eigenvalue weighted by Gasteiger charge is -2.13. The van der Waals surface area contributed by atoms with E-state index in [1.807, 2.05) is 37.3 Å². The second-order valence-corrected chi connectivity index (χ2v) is 4.35. The molecule has 3 nitrogen and oxygen atoms in total. The molecule has 0 aromatic heterocycles. The van der Waals surface area contributed by atoms with Crippen molar-refractivity contribution in [3.63, 3.8) is 0 Å². The van der Waals surface area contributed by atoms with E-state index < -0.39 is 5.82 Å². The Morgan fingerprint density at radius 2 is 1.89 bits per heavy atom. The average Bonchev–Trinajstić information content (AvgIpc) is 2.42. The van der Waals surface area contributed by atoms with Crippen LogP contribution >= 0.6 is 0 Å². The summed E-state index contributed by atoms with van der Waals surface area (Å²) < 4.78 is 12.9. The monoisotopic (exact) mass is 258 g/mol. The third-order valence-corrected chi connectivity index (χ3v) is 2.96. The maximum absolute atomic E-state index is 12.9. The van der Waals surface area contributed by atoms with E-state index >= 15 is 0 Å². The van der Waals surface area contributed by atoms with Gasteiger partial charge in [0.1, 0.15) is 5.82 Å². The molecule has 2 aromatic carbocycles. The Morgan fingerprint density at radius 1 is 1.21 bits per heavy atom. The fraction of sp³-hybridized carbons (Fsp3) is 0.133. The Kier molecular flexibility index (Phi) is 3.80. The van der Waals surface area contributed by atoms with Gasteiger partial charge in [0.2, 0.25) is 5.91 Å². The van der Waals surface area contributed by atoms with Gasteiger partial charge in [-0.25, -0.2) is 4.39 Å². The van der Waals surface area contributed by atoms with Crippen LogP contribution in [-0.4, -0.2) is 5.91 Å². The van der Waals surface area contributed by atoms with E-state index in [0.29, 0.717) is 5.69 Å². The minimum atomic E-state index is -0.424. The number of nitrogens with one attached hydrogen (secondary N) is 1. The second-order valence-electron chi connectivity index (χ2n) is 4.35. The van der Waals surface area contributed by atoms with Crippen LogP contribution < -0.4 is 11.1 Å². The fourth-order valence-electron chi connectivity index (χ4n) is 1.78. The van der Waals surface area contributed by atoms with Crippen molar-refractivity contribution in [1.82, 2.24) is 0 Å². The molecule has 0 saturated heterocycles. The number of carbonyl (C=O) groups excluding carboxylic acids is 1. The van der Waals surface area contributed by atoms with Gasteiger partial charge in [-0.2, -0.15) is 0 Å².